The number of H-pyrrole nitrogens is 1. The molecule has 1 aliphatic heterocycles. The summed E-state index contributed by atoms with van der Waals surface area (Å²) >= 11 is 0. The highest BCUT2D eigenvalue weighted by atomic mass is 16.5. The number of nitrogens with one attached hydrogen (secondary N) is 2. The largest absolute Gasteiger partial charge is 0.379 e. The van der Waals surface area contributed by atoms with Gasteiger partial charge >= 0.3 is 6.03 Å². The van der Waals surface area contributed by atoms with Gasteiger partial charge in [-0.25, -0.2) is 4.79 Å². The van der Waals surface area contributed by atoms with Crippen molar-refractivity contribution in [3.05, 3.63) is 54.1 Å². The Morgan fingerprint density at radius 1 is 1.12 bits per heavy atom. The Balaban J connectivity index is 1.39. The molecule has 3 aromatic rings. The molecule has 180 valence electrons. The average molecular weight is 464 g/mol. The lowest BCUT2D eigenvalue weighted by Crippen LogP contribution is -2.45. The lowest BCUT2D eigenvalue weighted by atomic mass is 9.98. The van der Waals surface area contributed by atoms with Gasteiger partial charge in [-0.2, -0.15) is 5.21 Å². The smallest absolute Gasteiger partial charge is 0.317 e. The van der Waals surface area contributed by atoms with Crippen LogP contribution in [0.25, 0.3) is 22.5 Å². The van der Waals surface area contributed by atoms with Gasteiger partial charge in [-0.05, 0) is 28.3 Å². The summed E-state index contributed by atoms with van der Waals surface area (Å²) in [5.74, 6) is 0.569. The molecule has 0 bridgehead atoms. The number of aromatic nitrogens is 4. The molecule has 0 unspecified atom stereocenters. The van der Waals surface area contributed by atoms with E-state index >= 15 is 0 Å². The van der Waals surface area contributed by atoms with E-state index in [-0.39, 0.29) is 6.03 Å². The Morgan fingerprint density at radius 2 is 1.88 bits per heavy atom. The van der Waals surface area contributed by atoms with Gasteiger partial charge in [0.25, 0.3) is 0 Å². The molecule has 34 heavy (non-hydrogen) atoms. The van der Waals surface area contributed by atoms with Gasteiger partial charge in [0.1, 0.15) is 0 Å². The summed E-state index contributed by atoms with van der Waals surface area (Å²) in [5.41, 5.74) is 4.13. The Kier molecular flexibility index (Phi) is 8.59. The van der Waals surface area contributed by atoms with E-state index in [9.17, 15) is 4.79 Å². The van der Waals surface area contributed by atoms with Gasteiger partial charge in [0.15, 0.2) is 0 Å². The Morgan fingerprint density at radius 3 is 2.59 bits per heavy atom. The number of carbonyl (C=O) groups is 1. The second-order valence-corrected chi connectivity index (χ2v) is 8.44. The number of nitrogens with zero attached hydrogens (tertiary/aromatic N) is 5. The number of amides is 2. The molecule has 0 radical (unpaired) electrons. The first kappa shape index (κ1) is 23.8. The third kappa shape index (κ3) is 6.39. The maximum absolute atomic E-state index is 12.9. The minimum atomic E-state index is -0.00626. The lowest BCUT2D eigenvalue weighted by molar-refractivity contribution is 0.0385. The second kappa shape index (κ2) is 12.2. The quantitative estimate of drug-likeness (QED) is 0.479. The van der Waals surface area contributed by atoms with E-state index in [1.54, 1.807) is 0 Å². The molecule has 0 spiro atoms. The molecule has 0 saturated carbocycles. The molecule has 1 saturated heterocycles. The van der Waals surface area contributed by atoms with E-state index in [4.69, 9.17) is 4.74 Å². The first-order valence-corrected chi connectivity index (χ1v) is 12.0. The van der Waals surface area contributed by atoms with Crippen LogP contribution in [0, 0.1) is 0 Å². The number of hydrogen-bond donors (Lipinski definition) is 2. The van der Waals surface area contributed by atoms with Crippen LogP contribution in [0.15, 0.2) is 48.5 Å². The van der Waals surface area contributed by atoms with Gasteiger partial charge in [0.2, 0.25) is 5.82 Å². The monoisotopic (exact) mass is 463 g/mol. The molecule has 2 aromatic carbocycles. The van der Waals surface area contributed by atoms with Crippen LogP contribution >= 0.6 is 0 Å². The average Bonchev–Trinajstić information content (AvgIpc) is 3.42. The summed E-state index contributed by atoms with van der Waals surface area (Å²) in [5, 5.41) is 17.5. The zero-order valence-corrected chi connectivity index (χ0v) is 19.7. The van der Waals surface area contributed by atoms with Crippen LogP contribution < -0.4 is 5.32 Å². The summed E-state index contributed by atoms with van der Waals surface area (Å²) in [6.45, 7) is 8.36. The van der Waals surface area contributed by atoms with Gasteiger partial charge in [-0.15, -0.1) is 10.2 Å². The maximum Gasteiger partial charge on any atom is 0.317 e. The fraction of sp³-hybridized carbons (Fsp3) is 0.440. The molecule has 0 atom stereocenters. The number of unbranched alkanes of at least 4 members (excludes halogenated alkanes) is 1. The number of urea groups is 1. The van der Waals surface area contributed by atoms with Crippen LogP contribution in [0.4, 0.5) is 4.79 Å². The molecular formula is C25H33N7O2. The topological polar surface area (TPSA) is 99.3 Å². The van der Waals surface area contributed by atoms with Crippen LogP contribution in [-0.4, -0.2) is 82.4 Å². The predicted octanol–water partition coefficient (Wildman–Crippen LogP) is 3.18. The van der Waals surface area contributed by atoms with Crippen LogP contribution in [-0.2, 0) is 11.3 Å². The third-order valence-corrected chi connectivity index (χ3v) is 6.03. The molecule has 1 aliphatic rings. The number of hydrogen-bond acceptors (Lipinski definition) is 6. The van der Waals surface area contributed by atoms with Gasteiger partial charge < -0.3 is 15.0 Å². The van der Waals surface area contributed by atoms with Crippen molar-refractivity contribution >= 4 is 6.03 Å². The Hall–Kier alpha value is -3.30. The number of aromatic amines is 1. The minimum Gasteiger partial charge on any atom is -0.379 e. The molecular weight excluding hydrogens is 430 g/mol. The van der Waals surface area contributed by atoms with E-state index in [1.165, 1.54) is 0 Å². The molecule has 9 nitrogen and oxygen atoms in total. The van der Waals surface area contributed by atoms with Crippen molar-refractivity contribution in [2.45, 2.75) is 26.3 Å². The standard InChI is InChI=1S/C25H33N7O2/c1-2-3-13-32(25(33)26-12-14-31-15-17-34-18-16-31)19-20-8-10-21(11-9-20)22-6-4-5-7-23(22)24-27-29-30-28-24/h4-11H,2-3,12-19H2,1H3,(H,26,33)(H,27,28,29,30). The second-order valence-electron chi connectivity index (χ2n) is 8.44. The van der Waals surface area contributed by atoms with Crippen molar-refractivity contribution in [1.82, 2.24) is 35.7 Å². The molecule has 1 aromatic heterocycles. The fourth-order valence-corrected chi connectivity index (χ4v) is 4.07. The van der Waals surface area contributed by atoms with Crippen molar-refractivity contribution in [2.75, 3.05) is 45.9 Å². The summed E-state index contributed by atoms with van der Waals surface area (Å²) in [6.07, 6.45) is 2.02. The summed E-state index contributed by atoms with van der Waals surface area (Å²) < 4.78 is 5.39. The number of ether oxygens (including phenoxy) is 1. The van der Waals surface area contributed by atoms with Crippen molar-refractivity contribution in [1.29, 1.82) is 0 Å². The highest BCUT2D eigenvalue weighted by Crippen LogP contribution is 2.29. The molecule has 2 N–H and O–H groups in total. The van der Waals surface area contributed by atoms with Crippen LogP contribution in [0.5, 0.6) is 0 Å². The van der Waals surface area contributed by atoms with Gasteiger partial charge in [-0.1, -0.05) is 61.9 Å². The molecule has 4 rings (SSSR count). The van der Waals surface area contributed by atoms with Gasteiger partial charge in [-0.3, -0.25) is 4.90 Å². The van der Waals surface area contributed by atoms with E-state index in [2.05, 4.69) is 68.1 Å². The maximum atomic E-state index is 12.9. The Labute approximate surface area is 200 Å². The normalized spacial score (nSPS) is 14.1. The zero-order valence-electron chi connectivity index (χ0n) is 19.7. The van der Waals surface area contributed by atoms with Crippen LogP contribution in [0.3, 0.4) is 0 Å². The lowest BCUT2D eigenvalue weighted by Gasteiger charge is -2.28. The summed E-state index contributed by atoms with van der Waals surface area (Å²) in [4.78, 5) is 17.1. The van der Waals surface area contributed by atoms with E-state index in [0.29, 0.717) is 18.9 Å². The first-order chi connectivity index (χ1) is 16.7. The van der Waals surface area contributed by atoms with E-state index in [0.717, 1.165) is 74.5 Å². The third-order valence-electron chi connectivity index (χ3n) is 6.03. The van der Waals surface area contributed by atoms with Gasteiger partial charge in [0.05, 0.1) is 13.2 Å². The fourth-order valence-electron chi connectivity index (χ4n) is 4.07. The van der Waals surface area contributed by atoms with Crippen LogP contribution in [0.2, 0.25) is 0 Å². The molecule has 2 amide bonds. The van der Waals surface area contributed by atoms with Gasteiger partial charge in [0, 0.05) is 44.8 Å². The Bertz CT molecular complexity index is 1020. The van der Waals surface area contributed by atoms with Crippen molar-refractivity contribution < 1.29 is 9.53 Å². The predicted molar refractivity (Wildman–Crippen MR) is 131 cm³/mol. The molecule has 9 heteroatoms. The molecule has 0 aliphatic carbocycles. The highest BCUT2D eigenvalue weighted by Gasteiger charge is 2.16. The van der Waals surface area contributed by atoms with Crippen molar-refractivity contribution in [3.8, 4) is 22.5 Å². The highest BCUT2D eigenvalue weighted by molar-refractivity contribution is 5.80. The zero-order chi connectivity index (χ0) is 23.6. The number of benzene rings is 2. The SMILES string of the molecule is CCCCN(Cc1ccc(-c2ccccc2-c2nn[nH]n2)cc1)C(=O)NCCN1CCOCC1. The number of tetrazole rings is 1. The minimum absolute atomic E-state index is 0.00626. The van der Waals surface area contributed by atoms with Crippen molar-refractivity contribution in [3.63, 3.8) is 0 Å². The summed E-state index contributed by atoms with van der Waals surface area (Å²) in [7, 11) is 0. The number of rotatable bonds is 10. The molecule has 1 fully saturated rings. The number of carbonyl (C=O) groups excluding carboxylic acids is 1. The first-order valence-electron chi connectivity index (χ1n) is 12.0. The van der Waals surface area contributed by atoms with Crippen molar-refractivity contribution in [2.24, 2.45) is 0 Å². The van der Waals surface area contributed by atoms with E-state index < -0.39 is 0 Å². The molecule has 2 heterocycles. The van der Waals surface area contributed by atoms with E-state index in [1.807, 2.05) is 23.1 Å². The van der Waals surface area contributed by atoms with Crippen LogP contribution in [0.1, 0.15) is 25.3 Å². The number of morpholine rings is 1. The summed E-state index contributed by atoms with van der Waals surface area (Å²) in [6, 6.07) is 16.3.